The minimum Gasteiger partial charge on any atom is -0.326 e. The fourth-order valence-electron chi connectivity index (χ4n) is 2.60. The molecule has 0 bridgehead atoms. The van der Waals surface area contributed by atoms with E-state index in [4.69, 9.17) is 5.73 Å². The van der Waals surface area contributed by atoms with E-state index in [-0.39, 0.29) is 25.0 Å². The van der Waals surface area contributed by atoms with Crippen LogP contribution in [0.25, 0.3) is 0 Å². The van der Waals surface area contributed by atoms with Gasteiger partial charge in [-0.25, -0.2) is 17.2 Å². The van der Waals surface area contributed by atoms with Crippen molar-refractivity contribution in [2.75, 3.05) is 6.54 Å². The first-order chi connectivity index (χ1) is 9.35. The number of piperidine rings is 1. The Labute approximate surface area is 129 Å². The van der Waals surface area contributed by atoms with Crippen LogP contribution in [-0.4, -0.2) is 31.4 Å². The summed E-state index contributed by atoms with van der Waals surface area (Å²) in [5.41, 5.74) is 5.81. The van der Waals surface area contributed by atoms with Crippen LogP contribution < -0.4 is 5.73 Å². The van der Waals surface area contributed by atoms with Crippen LogP contribution in [0.1, 0.15) is 26.2 Å². The largest absolute Gasteiger partial charge is 0.326 e. The normalized spacial score (nSPS) is 21.6. The minimum atomic E-state index is -4.21. The van der Waals surface area contributed by atoms with Gasteiger partial charge in [-0.2, -0.15) is 4.31 Å². The van der Waals surface area contributed by atoms with Crippen LogP contribution in [0.15, 0.2) is 23.1 Å². The van der Waals surface area contributed by atoms with Crippen molar-refractivity contribution in [2.45, 2.75) is 43.2 Å². The molecule has 2 N–H and O–H groups in total. The molecular formula is C13H19ClF2N2O2S. The molecule has 1 fully saturated rings. The Morgan fingerprint density at radius 1 is 1.29 bits per heavy atom. The monoisotopic (exact) mass is 340 g/mol. The van der Waals surface area contributed by atoms with Gasteiger partial charge in [0.25, 0.3) is 0 Å². The van der Waals surface area contributed by atoms with Crippen molar-refractivity contribution in [2.24, 2.45) is 5.73 Å². The summed E-state index contributed by atoms with van der Waals surface area (Å²) in [4.78, 5) is -0.882. The molecule has 4 nitrogen and oxygen atoms in total. The molecular weight excluding hydrogens is 322 g/mol. The van der Waals surface area contributed by atoms with E-state index in [1.54, 1.807) is 6.92 Å². The minimum absolute atomic E-state index is 0. The van der Waals surface area contributed by atoms with E-state index in [0.717, 1.165) is 28.9 Å². The number of sulfonamides is 1. The average molecular weight is 341 g/mol. The van der Waals surface area contributed by atoms with Gasteiger partial charge in [-0.05, 0) is 31.9 Å². The number of benzene rings is 1. The highest BCUT2D eigenvalue weighted by atomic mass is 35.5. The predicted molar refractivity (Wildman–Crippen MR) is 78.8 cm³/mol. The van der Waals surface area contributed by atoms with Crippen LogP contribution in [-0.2, 0) is 10.0 Å². The van der Waals surface area contributed by atoms with E-state index in [9.17, 15) is 17.2 Å². The number of nitrogens with zero attached hydrogens (tertiary/aromatic N) is 1. The summed E-state index contributed by atoms with van der Waals surface area (Å²) in [5, 5.41) is 0. The topological polar surface area (TPSA) is 63.4 Å². The molecule has 0 amide bonds. The molecule has 1 saturated heterocycles. The van der Waals surface area contributed by atoms with Gasteiger partial charge in [0.05, 0.1) is 0 Å². The van der Waals surface area contributed by atoms with Crippen LogP contribution in [0.2, 0.25) is 0 Å². The molecule has 120 valence electrons. The number of hydrogen-bond donors (Lipinski definition) is 1. The maximum absolute atomic E-state index is 13.8. The number of nitrogens with two attached hydrogens (primary N) is 1. The highest BCUT2D eigenvalue weighted by molar-refractivity contribution is 7.89. The fraction of sp³-hybridized carbons (Fsp3) is 0.538. The zero-order valence-electron chi connectivity index (χ0n) is 11.6. The second kappa shape index (κ2) is 7.00. The van der Waals surface area contributed by atoms with Gasteiger partial charge in [0.1, 0.15) is 11.6 Å². The smallest absolute Gasteiger partial charge is 0.249 e. The molecule has 1 aromatic rings. The predicted octanol–water partition coefficient (Wildman–Crippen LogP) is 2.28. The fourth-order valence-corrected chi connectivity index (χ4v) is 4.49. The highest BCUT2D eigenvalue weighted by Crippen LogP contribution is 2.29. The second-order valence-corrected chi connectivity index (χ2v) is 6.92. The van der Waals surface area contributed by atoms with Gasteiger partial charge in [0, 0.05) is 18.6 Å². The lowest BCUT2D eigenvalue weighted by molar-refractivity contribution is 0.226. The standard InChI is InChI=1S/C13H18F2N2O2S.ClH/c1-9(16)12-7-2-3-8-17(12)20(18,19)13-10(14)5-4-6-11(13)15;/h4-6,9,12H,2-3,7-8,16H2,1H3;1H. The lowest BCUT2D eigenvalue weighted by atomic mass is 10.00. The summed E-state index contributed by atoms with van der Waals surface area (Å²) in [6, 6.07) is 2.22. The maximum Gasteiger partial charge on any atom is 0.249 e. The average Bonchev–Trinajstić information content (AvgIpc) is 2.38. The Morgan fingerprint density at radius 2 is 1.86 bits per heavy atom. The van der Waals surface area contributed by atoms with Crippen molar-refractivity contribution in [3.8, 4) is 0 Å². The zero-order chi connectivity index (χ0) is 14.9. The van der Waals surface area contributed by atoms with Gasteiger partial charge < -0.3 is 5.73 Å². The van der Waals surface area contributed by atoms with Gasteiger partial charge in [0.2, 0.25) is 10.0 Å². The molecule has 21 heavy (non-hydrogen) atoms. The molecule has 2 atom stereocenters. The Morgan fingerprint density at radius 3 is 2.38 bits per heavy atom. The third kappa shape index (κ3) is 3.53. The van der Waals surface area contributed by atoms with Gasteiger partial charge in [-0.15, -0.1) is 12.4 Å². The maximum atomic E-state index is 13.8. The van der Waals surface area contributed by atoms with Crippen molar-refractivity contribution in [3.63, 3.8) is 0 Å². The summed E-state index contributed by atoms with van der Waals surface area (Å²) in [7, 11) is -4.21. The molecule has 1 aliphatic rings. The van der Waals surface area contributed by atoms with Crippen LogP contribution in [0.4, 0.5) is 8.78 Å². The first-order valence-electron chi connectivity index (χ1n) is 6.57. The van der Waals surface area contributed by atoms with E-state index in [1.807, 2.05) is 0 Å². The van der Waals surface area contributed by atoms with Crippen LogP contribution >= 0.6 is 12.4 Å². The molecule has 0 saturated carbocycles. The molecule has 8 heteroatoms. The lowest BCUT2D eigenvalue weighted by Crippen LogP contribution is -2.51. The Balaban J connectivity index is 0.00000220. The molecule has 0 radical (unpaired) electrons. The van der Waals surface area contributed by atoms with Crippen molar-refractivity contribution >= 4 is 22.4 Å². The van der Waals surface area contributed by atoms with E-state index < -0.39 is 32.6 Å². The molecule has 2 unspecified atom stereocenters. The van der Waals surface area contributed by atoms with E-state index in [2.05, 4.69) is 0 Å². The summed E-state index contributed by atoms with van der Waals surface area (Å²) in [5.74, 6) is -2.14. The molecule has 1 aromatic carbocycles. The first kappa shape index (κ1) is 18.3. The molecule has 2 rings (SSSR count). The van der Waals surface area contributed by atoms with Gasteiger partial charge in [-0.3, -0.25) is 0 Å². The van der Waals surface area contributed by atoms with Gasteiger partial charge in [0.15, 0.2) is 4.90 Å². The zero-order valence-corrected chi connectivity index (χ0v) is 13.3. The van der Waals surface area contributed by atoms with Crippen LogP contribution in [0, 0.1) is 11.6 Å². The van der Waals surface area contributed by atoms with Gasteiger partial charge in [-0.1, -0.05) is 12.5 Å². The van der Waals surface area contributed by atoms with E-state index >= 15 is 0 Å². The van der Waals surface area contributed by atoms with Crippen molar-refractivity contribution in [3.05, 3.63) is 29.8 Å². The first-order valence-corrected chi connectivity index (χ1v) is 8.01. The molecule has 0 aromatic heterocycles. The summed E-state index contributed by atoms with van der Waals surface area (Å²) in [6.07, 6.45) is 2.13. The summed E-state index contributed by atoms with van der Waals surface area (Å²) in [6.45, 7) is 1.94. The van der Waals surface area contributed by atoms with Crippen LogP contribution in [0.5, 0.6) is 0 Å². The van der Waals surface area contributed by atoms with Gasteiger partial charge >= 0.3 is 0 Å². The van der Waals surface area contributed by atoms with Crippen molar-refractivity contribution in [1.82, 2.24) is 4.31 Å². The van der Waals surface area contributed by atoms with Crippen molar-refractivity contribution < 1.29 is 17.2 Å². The molecule has 0 spiro atoms. The lowest BCUT2D eigenvalue weighted by Gasteiger charge is -2.36. The van der Waals surface area contributed by atoms with Crippen molar-refractivity contribution in [1.29, 1.82) is 0 Å². The summed E-state index contributed by atoms with van der Waals surface area (Å²) < 4.78 is 53.7. The second-order valence-electron chi connectivity index (χ2n) is 5.09. The third-order valence-corrected chi connectivity index (χ3v) is 5.57. The van der Waals surface area contributed by atoms with E-state index in [1.165, 1.54) is 0 Å². The number of rotatable bonds is 3. The van der Waals surface area contributed by atoms with E-state index in [0.29, 0.717) is 12.8 Å². The molecule has 1 heterocycles. The Bertz CT molecular complexity index is 576. The third-order valence-electron chi connectivity index (χ3n) is 3.59. The number of halogens is 3. The summed E-state index contributed by atoms with van der Waals surface area (Å²) >= 11 is 0. The molecule has 1 aliphatic heterocycles. The number of hydrogen-bond acceptors (Lipinski definition) is 3. The highest BCUT2D eigenvalue weighted by Gasteiger charge is 2.38. The quantitative estimate of drug-likeness (QED) is 0.918. The molecule has 0 aliphatic carbocycles. The Kier molecular flexibility index (Phi) is 6.10. The Hall–Kier alpha value is -0.760. The van der Waals surface area contributed by atoms with Crippen LogP contribution in [0.3, 0.4) is 0 Å². The SMILES string of the molecule is CC(N)C1CCCCN1S(=O)(=O)c1c(F)cccc1F.Cl.